The summed E-state index contributed by atoms with van der Waals surface area (Å²) < 4.78 is 16.7. The molecule has 3 heterocycles. The Balaban J connectivity index is 1.45. The molecule has 3 aromatic heterocycles. The number of aryl methyl sites for hydroxylation is 1. The molecule has 0 aliphatic heterocycles. The SMILES string of the molecule is Cc1ccc(NC(=O)c2ccc(F)c(Cl)c2)cc1-n1cc(-c2cnc3c(N)ncnn23)cn1. The first-order chi connectivity index (χ1) is 15.9. The molecule has 2 aromatic carbocycles. The quantitative estimate of drug-likeness (QED) is 0.418. The summed E-state index contributed by atoms with van der Waals surface area (Å²) >= 11 is 5.79. The summed E-state index contributed by atoms with van der Waals surface area (Å²) in [4.78, 5) is 20.8. The minimum Gasteiger partial charge on any atom is -0.381 e. The molecule has 11 heteroatoms. The Labute approximate surface area is 191 Å². The minimum absolute atomic E-state index is 0.115. The van der Waals surface area contributed by atoms with Crippen molar-refractivity contribution in [3.8, 4) is 16.9 Å². The Morgan fingerprint density at radius 2 is 1.97 bits per heavy atom. The second-order valence-electron chi connectivity index (χ2n) is 7.28. The van der Waals surface area contributed by atoms with Crippen molar-refractivity contribution in [1.29, 1.82) is 0 Å². The van der Waals surface area contributed by atoms with Gasteiger partial charge in [0.25, 0.3) is 5.91 Å². The molecule has 0 atom stereocenters. The van der Waals surface area contributed by atoms with Gasteiger partial charge in [0.2, 0.25) is 0 Å². The highest BCUT2D eigenvalue weighted by molar-refractivity contribution is 6.31. The van der Waals surface area contributed by atoms with Crippen molar-refractivity contribution < 1.29 is 9.18 Å². The Morgan fingerprint density at radius 1 is 1.12 bits per heavy atom. The van der Waals surface area contributed by atoms with Gasteiger partial charge in [-0.2, -0.15) is 10.2 Å². The summed E-state index contributed by atoms with van der Waals surface area (Å²) in [7, 11) is 0. The number of fused-ring (bicyclic) bond motifs is 1. The van der Waals surface area contributed by atoms with Crippen LogP contribution in [0.4, 0.5) is 15.9 Å². The summed E-state index contributed by atoms with van der Waals surface area (Å²) in [5, 5.41) is 11.4. The van der Waals surface area contributed by atoms with Gasteiger partial charge in [0, 0.05) is 23.0 Å². The first kappa shape index (κ1) is 20.6. The molecular weight excluding hydrogens is 447 g/mol. The van der Waals surface area contributed by atoms with Crippen LogP contribution in [-0.4, -0.2) is 35.3 Å². The van der Waals surface area contributed by atoms with E-state index < -0.39 is 11.7 Å². The normalized spacial score (nSPS) is 11.1. The summed E-state index contributed by atoms with van der Waals surface area (Å²) in [5.74, 6) is -0.707. The number of carbonyl (C=O) groups excluding carboxylic acids is 1. The number of rotatable bonds is 4. The van der Waals surface area contributed by atoms with E-state index in [1.54, 1.807) is 33.7 Å². The fourth-order valence-corrected chi connectivity index (χ4v) is 3.57. The van der Waals surface area contributed by atoms with Gasteiger partial charge in [-0.3, -0.25) is 4.79 Å². The zero-order valence-corrected chi connectivity index (χ0v) is 18.0. The topological polar surface area (TPSA) is 116 Å². The average Bonchev–Trinajstić information content (AvgIpc) is 3.45. The maximum atomic E-state index is 13.4. The van der Waals surface area contributed by atoms with Gasteiger partial charge in [-0.25, -0.2) is 23.6 Å². The zero-order valence-electron chi connectivity index (χ0n) is 17.2. The molecule has 0 aliphatic rings. The number of hydrogen-bond acceptors (Lipinski definition) is 6. The third-order valence-corrected chi connectivity index (χ3v) is 5.39. The van der Waals surface area contributed by atoms with Crippen LogP contribution < -0.4 is 11.1 Å². The Bertz CT molecular complexity index is 1530. The second-order valence-corrected chi connectivity index (χ2v) is 7.69. The third kappa shape index (κ3) is 3.76. The molecule has 0 fully saturated rings. The zero-order chi connectivity index (χ0) is 23.1. The van der Waals surface area contributed by atoms with Crippen LogP contribution in [-0.2, 0) is 0 Å². The van der Waals surface area contributed by atoms with Gasteiger partial charge < -0.3 is 11.1 Å². The minimum atomic E-state index is -0.583. The largest absolute Gasteiger partial charge is 0.381 e. The molecule has 164 valence electrons. The first-order valence-corrected chi connectivity index (χ1v) is 10.1. The van der Waals surface area contributed by atoms with Gasteiger partial charge in [0.1, 0.15) is 12.1 Å². The summed E-state index contributed by atoms with van der Waals surface area (Å²) in [6.07, 6.45) is 6.53. The predicted octanol–water partition coefficient (Wildman–Crippen LogP) is 3.91. The highest BCUT2D eigenvalue weighted by Gasteiger charge is 2.14. The van der Waals surface area contributed by atoms with Gasteiger partial charge >= 0.3 is 0 Å². The van der Waals surface area contributed by atoms with Crippen LogP contribution in [0.2, 0.25) is 5.02 Å². The highest BCUT2D eigenvalue weighted by Crippen LogP contribution is 2.25. The van der Waals surface area contributed by atoms with Crippen molar-refractivity contribution in [2.24, 2.45) is 0 Å². The molecule has 1 amide bonds. The van der Waals surface area contributed by atoms with Gasteiger partial charge in [-0.1, -0.05) is 17.7 Å². The van der Waals surface area contributed by atoms with E-state index in [0.29, 0.717) is 17.0 Å². The molecule has 0 saturated carbocycles. The van der Waals surface area contributed by atoms with E-state index in [9.17, 15) is 9.18 Å². The van der Waals surface area contributed by atoms with Gasteiger partial charge in [-0.15, -0.1) is 0 Å². The fraction of sp³-hybridized carbons (Fsp3) is 0.0455. The van der Waals surface area contributed by atoms with Crippen molar-refractivity contribution >= 4 is 34.7 Å². The molecule has 0 aliphatic carbocycles. The molecule has 3 N–H and O–H groups in total. The van der Waals surface area contributed by atoms with E-state index in [1.165, 1.54) is 18.5 Å². The van der Waals surface area contributed by atoms with Crippen molar-refractivity contribution in [2.45, 2.75) is 6.92 Å². The molecule has 5 aromatic rings. The predicted molar refractivity (Wildman–Crippen MR) is 122 cm³/mol. The maximum Gasteiger partial charge on any atom is 0.255 e. The standard InChI is InChI=1S/C22H16ClFN8O/c1-12-2-4-15(30-22(33)13-3-5-17(24)16(23)6-13)7-18(12)31-10-14(8-28-31)19-9-26-21-20(25)27-11-29-32(19)21/h2-11H,1H3,(H,30,33)(H2,25,27,29). The van der Waals surface area contributed by atoms with Crippen LogP contribution in [0.1, 0.15) is 15.9 Å². The van der Waals surface area contributed by atoms with Crippen molar-refractivity contribution in [3.05, 3.63) is 83.3 Å². The lowest BCUT2D eigenvalue weighted by atomic mass is 10.1. The first-order valence-electron chi connectivity index (χ1n) is 9.77. The van der Waals surface area contributed by atoms with Crippen molar-refractivity contribution in [2.75, 3.05) is 11.1 Å². The lowest BCUT2D eigenvalue weighted by molar-refractivity contribution is 0.102. The number of nitrogen functional groups attached to an aromatic ring is 1. The monoisotopic (exact) mass is 462 g/mol. The number of amides is 1. The molecule has 0 bridgehead atoms. The van der Waals surface area contributed by atoms with E-state index >= 15 is 0 Å². The van der Waals surface area contributed by atoms with Crippen molar-refractivity contribution in [1.82, 2.24) is 29.4 Å². The molecular formula is C22H16ClFN8O. The Hall–Kier alpha value is -4.31. The van der Waals surface area contributed by atoms with E-state index in [-0.39, 0.29) is 16.4 Å². The van der Waals surface area contributed by atoms with E-state index in [4.69, 9.17) is 17.3 Å². The number of nitrogens with one attached hydrogen (secondary N) is 1. The Morgan fingerprint density at radius 3 is 2.79 bits per heavy atom. The van der Waals surface area contributed by atoms with Crippen LogP contribution >= 0.6 is 11.6 Å². The molecule has 9 nitrogen and oxygen atoms in total. The second kappa shape index (κ2) is 7.99. The number of imidazole rings is 1. The van der Waals surface area contributed by atoms with Crippen LogP contribution in [0.25, 0.3) is 22.6 Å². The maximum absolute atomic E-state index is 13.4. The number of nitrogens with two attached hydrogens (primary N) is 1. The number of aromatic nitrogens is 6. The molecule has 0 spiro atoms. The van der Waals surface area contributed by atoms with Crippen LogP contribution in [0.5, 0.6) is 0 Å². The van der Waals surface area contributed by atoms with Gasteiger partial charge in [0.05, 0.1) is 28.8 Å². The molecule has 33 heavy (non-hydrogen) atoms. The highest BCUT2D eigenvalue weighted by atomic mass is 35.5. The third-order valence-electron chi connectivity index (χ3n) is 5.10. The Kier molecular flexibility index (Phi) is 4.98. The van der Waals surface area contributed by atoms with Crippen LogP contribution in [0.15, 0.2) is 61.3 Å². The number of nitrogens with zero attached hydrogens (tertiary/aromatic N) is 6. The molecule has 0 unspecified atom stereocenters. The molecule has 0 radical (unpaired) electrons. The van der Waals surface area contributed by atoms with E-state index in [1.807, 2.05) is 19.2 Å². The van der Waals surface area contributed by atoms with Gasteiger partial charge in [0.15, 0.2) is 11.5 Å². The fourth-order valence-electron chi connectivity index (χ4n) is 3.39. The van der Waals surface area contributed by atoms with E-state index in [2.05, 4.69) is 25.5 Å². The summed E-state index contributed by atoms with van der Waals surface area (Å²) in [5.41, 5.74) is 10.3. The molecule has 0 saturated heterocycles. The summed E-state index contributed by atoms with van der Waals surface area (Å²) in [6.45, 7) is 1.93. The lowest BCUT2D eigenvalue weighted by Crippen LogP contribution is -2.12. The smallest absolute Gasteiger partial charge is 0.255 e. The number of hydrogen-bond donors (Lipinski definition) is 2. The molecule has 5 rings (SSSR count). The van der Waals surface area contributed by atoms with Crippen molar-refractivity contribution in [3.63, 3.8) is 0 Å². The summed E-state index contributed by atoms with van der Waals surface area (Å²) in [6, 6.07) is 9.25. The average molecular weight is 463 g/mol. The number of halogens is 2. The van der Waals surface area contributed by atoms with E-state index in [0.717, 1.165) is 22.9 Å². The number of anilines is 2. The van der Waals surface area contributed by atoms with Crippen LogP contribution in [0, 0.1) is 12.7 Å². The number of benzene rings is 2. The van der Waals surface area contributed by atoms with Crippen LogP contribution in [0.3, 0.4) is 0 Å². The number of carbonyl (C=O) groups is 1. The van der Waals surface area contributed by atoms with Gasteiger partial charge in [-0.05, 0) is 42.8 Å². The lowest BCUT2D eigenvalue weighted by Gasteiger charge is -2.11.